The summed E-state index contributed by atoms with van der Waals surface area (Å²) < 4.78 is 134. The zero-order valence-electron chi connectivity index (χ0n) is 20.5. The molecule has 0 N–H and O–H groups in total. The van der Waals surface area contributed by atoms with E-state index in [1.54, 1.807) is 23.1 Å². The second-order valence-corrected chi connectivity index (χ2v) is 11.8. The number of aryl methyl sites for hydroxylation is 1. The van der Waals surface area contributed by atoms with Gasteiger partial charge in [0.25, 0.3) is 0 Å². The molecule has 210 valence electrons. The molecular formula is C27H23F8NO2S. The van der Waals surface area contributed by atoms with E-state index in [1.165, 1.54) is 6.92 Å². The van der Waals surface area contributed by atoms with Gasteiger partial charge in [-0.25, -0.2) is 17.2 Å². The van der Waals surface area contributed by atoms with Crippen LogP contribution in [0.4, 0.5) is 35.1 Å². The third-order valence-electron chi connectivity index (χ3n) is 7.10. The highest BCUT2D eigenvalue weighted by molar-refractivity contribution is 7.92. The Morgan fingerprint density at radius 2 is 1.44 bits per heavy atom. The fourth-order valence-electron chi connectivity index (χ4n) is 4.95. The lowest BCUT2D eigenvalue weighted by Crippen LogP contribution is -2.50. The molecule has 0 spiro atoms. The third-order valence-corrected chi connectivity index (χ3v) is 9.58. The maximum absolute atomic E-state index is 14.6. The van der Waals surface area contributed by atoms with E-state index < -0.39 is 44.0 Å². The molecular weight excluding hydrogens is 554 g/mol. The summed E-state index contributed by atoms with van der Waals surface area (Å²) in [5.74, 6) is -0.650. The molecule has 0 bridgehead atoms. The van der Waals surface area contributed by atoms with E-state index in [2.05, 4.69) is 0 Å². The molecule has 1 aliphatic heterocycles. The average molecular weight is 578 g/mol. The van der Waals surface area contributed by atoms with Crippen LogP contribution in [-0.4, -0.2) is 38.8 Å². The van der Waals surface area contributed by atoms with E-state index >= 15 is 0 Å². The summed E-state index contributed by atoms with van der Waals surface area (Å²) in [5.41, 5.74) is -6.56. The van der Waals surface area contributed by atoms with Crippen molar-refractivity contribution in [2.75, 3.05) is 13.1 Å². The molecule has 1 saturated heterocycles. The van der Waals surface area contributed by atoms with Gasteiger partial charge in [0.05, 0.1) is 4.90 Å². The Hall–Kier alpha value is -2.99. The number of hydrogen-bond acceptors (Lipinski definition) is 3. The van der Waals surface area contributed by atoms with E-state index in [0.29, 0.717) is 18.7 Å². The van der Waals surface area contributed by atoms with Crippen molar-refractivity contribution in [3.63, 3.8) is 0 Å². The Labute approximate surface area is 220 Å². The van der Waals surface area contributed by atoms with Crippen LogP contribution in [0, 0.1) is 12.7 Å². The molecule has 1 heterocycles. The zero-order valence-corrected chi connectivity index (χ0v) is 21.3. The number of likely N-dealkylation sites (tertiary alicyclic amines) is 1. The van der Waals surface area contributed by atoms with Gasteiger partial charge in [0.1, 0.15) is 10.6 Å². The second-order valence-electron chi connectivity index (χ2n) is 9.59. The number of rotatable bonds is 6. The first-order valence-corrected chi connectivity index (χ1v) is 13.2. The molecule has 3 nitrogen and oxygen atoms in total. The van der Waals surface area contributed by atoms with Crippen molar-refractivity contribution in [3.05, 3.63) is 101 Å². The van der Waals surface area contributed by atoms with Crippen molar-refractivity contribution in [1.29, 1.82) is 0 Å². The van der Waals surface area contributed by atoms with Gasteiger partial charge in [-0.3, -0.25) is 4.90 Å². The van der Waals surface area contributed by atoms with Crippen LogP contribution in [0.15, 0.2) is 77.7 Å². The van der Waals surface area contributed by atoms with Crippen molar-refractivity contribution >= 4 is 9.84 Å². The average Bonchev–Trinajstić information content (AvgIpc) is 3.30. The lowest BCUT2D eigenvalue weighted by Gasteiger charge is -2.32. The van der Waals surface area contributed by atoms with Gasteiger partial charge in [-0.15, -0.1) is 0 Å². The molecule has 1 fully saturated rings. The highest BCUT2D eigenvalue weighted by Crippen LogP contribution is 2.54. The topological polar surface area (TPSA) is 37.4 Å². The molecule has 4 rings (SSSR count). The molecule has 12 heteroatoms. The Kier molecular flexibility index (Phi) is 7.35. The Morgan fingerprint density at radius 3 is 1.97 bits per heavy atom. The predicted molar refractivity (Wildman–Crippen MR) is 128 cm³/mol. The van der Waals surface area contributed by atoms with Gasteiger partial charge in [0.2, 0.25) is 0 Å². The monoisotopic (exact) mass is 577 g/mol. The fourth-order valence-corrected chi connectivity index (χ4v) is 7.14. The molecule has 3 aromatic carbocycles. The molecule has 39 heavy (non-hydrogen) atoms. The summed E-state index contributed by atoms with van der Waals surface area (Å²) in [7, 11) is -4.37. The van der Waals surface area contributed by atoms with Crippen LogP contribution in [-0.2, 0) is 26.8 Å². The first-order valence-electron chi connectivity index (χ1n) is 11.7. The maximum Gasteiger partial charge on any atom is 0.435 e. The smallest absolute Gasteiger partial charge is 0.297 e. The van der Waals surface area contributed by atoms with Crippen LogP contribution in [0.2, 0.25) is 0 Å². The predicted octanol–water partition coefficient (Wildman–Crippen LogP) is 7.00. The van der Waals surface area contributed by atoms with E-state index in [0.717, 1.165) is 35.9 Å². The van der Waals surface area contributed by atoms with Crippen LogP contribution in [0.1, 0.15) is 28.7 Å². The minimum atomic E-state index is -6.30. The second kappa shape index (κ2) is 9.88. The number of nitrogens with zero attached hydrogens (tertiary/aromatic N) is 1. The van der Waals surface area contributed by atoms with Crippen molar-refractivity contribution in [1.82, 2.24) is 4.90 Å². The standard InChI is InChI=1S/C27H23F8NO2S/c1-18-15-22(11-12-23(18)28)39(37,38)24(13-14-36(17-24)16-19-5-3-2-4-6-19)20-7-9-21(10-8-20)25(29,26(30,31)32)27(33,34)35/h2-12,15H,13-14,16-17H2,1H3. The Bertz CT molecular complexity index is 1420. The van der Waals surface area contributed by atoms with Crippen LogP contribution >= 0.6 is 0 Å². The molecule has 1 aliphatic rings. The molecule has 0 aromatic heterocycles. The lowest BCUT2D eigenvalue weighted by molar-refractivity contribution is -0.348. The maximum atomic E-state index is 14.6. The van der Waals surface area contributed by atoms with E-state index in [4.69, 9.17) is 0 Å². The summed E-state index contributed by atoms with van der Waals surface area (Å²) in [6.45, 7) is 1.77. The SMILES string of the molecule is Cc1cc(S(=O)(=O)C2(c3ccc(C(F)(C(F)(F)F)C(F)(F)F)cc3)CCN(Cc3ccccc3)C2)ccc1F. The van der Waals surface area contributed by atoms with E-state index in [-0.39, 0.29) is 35.5 Å². The summed E-state index contributed by atoms with van der Waals surface area (Å²) in [5, 5.41) is 0. The minimum absolute atomic E-state index is 0.0401. The van der Waals surface area contributed by atoms with Crippen LogP contribution in [0.5, 0.6) is 0 Å². The molecule has 0 aliphatic carbocycles. The van der Waals surface area contributed by atoms with Gasteiger partial charge >= 0.3 is 18.0 Å². The van der Waals surface area contributed by atoms with Crippen LogP contribution in [0.3, 0.4) is 0 Å². The number of alkyl halides is 7. The van der Waals surface area contributed by atoms with Gasteiger partial charge in [-0.05, 0) is 48.2 Å². The third kappa shape index (κ3) is 4.93. The van der Waals surface area contributed by atoms with Crippen molar-refractivity contribution < 1.29 is 43.5 Å². The molecule has 0 radical (unpaired) electrons. The fraction of sp³-hybridized carbons (Fsp3) is 0.333. The Morgan fingerprint density at radius 1 is 0.846 bits per heavy atom. The summed E-state index contributed by atoms with van der Waals surface area (Å²) >= 11 is 0. The van der Waals surface area contributed by atoms with Gasteiger partial charge in [0, 0.05) is 25.2 Å². The molecule has 1 unspecified atom stereocenters. The normalized spacial score (nSPS) is 19.4. The molecule has 1 atom stereocenters. The van der Waals surface area contributed by atoms with Crippen LogP contribution in [0.25, 0.3) is 0 Å². The number of halogens is 8. The van der Waals surface area contributed by atoms with Crippen LogP contribution < -0.4 is 0 Å². The van der Waals surface area contributed by atoms with Crippen molar-refractivity contribution in [3.8, 4) is 0 Å². The number of hydrogen-bond donors (Lipinski definition) is 0. The Balaban J connectivity index is 1.82. The van der Waals surface area contributed by atoms with Gasteiger partial charge in [0.15, 0.2) is 9.84 Å². The largest absolute Gasteiger partial charge is 0.435 e. The summed E-state index contributed by atoms with van der Waals surface area (Å²) in [6.07, 6.45) is -12.7. The van der Waals surface area contributed by atoms with Gasteiger partial charge in [-0.1, -0.05) is 54.6 Å². The highest BCUT2D eigenvalue weighted by Gasteiger charge is 2.73. The number of sulfone groups is 1. The highest BCUT2D eigenvalue weighted by atomic mass is 32.2. The summed E-state index contributed by atoms with van der Waals surface area (Å²) in [6, 6.07) is 14.4. The minimum Gasteiger partial charge on any atom is -0.297 e. The quantitative estimate of drug-likeness (QED) is 0.234. The van der Waals surface area contributed by atoms with Crippen molar-refractivity contribution in [2.45, 2.75) is 47.6 Å². The molecule has 0 amide bonds. The zero-order chi connectivity index (χ0) is 28.9. The molecule has 0 saturated carbocycles. The van der Waals surface area contributed by atoms with Gasteiger partial charge in [-0.2, -0.15) is 26.3 Å². The summed E-state index contributed by atoms with van der Waals surface area (Å²) in [4.78, 5) is 1.54. The molecule has 3 aromatic rings. The number of benzene rings is 3. The lowest BCUT2D eigenvalue weighted by atomic mass is 9.90. The van der Waals surface area contributed by atoms with E-state index in [1.807, 2.05) is 12.1 Å². The first-order chi connectivity index (χ1) is 18.0. The van der Waals surface area contributed by atoms with Gasteiger partial charge < -0.3 is 0 Å². The van der Waals surface area contributed by atoms with Crippen molar-refractivity contribution in [2.24, 2.45) is 0 Å². The van der Waals surface area contributed by atoms with E-state index in [9.17, 15) is 43.5 Å². The first kappa shape index (κ1) is 29.0.